The monoisotopic (exact) mass is 288 g/mol. The SMILES string of the molecule is CCC(C)(C(=O)O)n1nnnc1-c1c(C)cc(C)cc1C. The molecule has 0 saturated heterocycles. The van der Waals surface area contributed by atoms with Gasteiger partial charge in [-0.1, -0.05) is 24.6 Å². The lowest BCUT2D eigenvalue weighted by Gasteiger charge is -2.24. The fraction of sp³-hybridized carbons (Fsp3) is 0.467. The van der Waals surface area contributed by atoms with Crippen LogP contribution in [0.25, 0.3) is 11.4 Å². The average Bonchev–Trinajstić information content (AvgIpc) is 2.85. The maximum atomic E-state index is 11.6. The van der Waals surface area contributed by atoms with Crippen molar-refractivity contribution in [3.63, 3.8) is 0 Å². The van der Waals surface area contributed by atoms with Gasteiger partial charge in [0.25, 0.3) is 0 Å². The van der Waals surface area contributed by atoms with Gasteiger partial charge in [0, 0.05) is 5.56 Å². The summed E-state index contributed by atoms with van der Waals surface area (Å²) < 4.78 is 1.42. The summed E-state index contributed by atoms with van der Waals surface area (Å²) in [6.45, 7) is 9.44. The van der Waals surface area contributed by atoms with Crippen LogP contribution in [0.5, 0.6) is 0 Å². The maximum absolute atomic E-state index is 11.6. The molecule has 0 amide bonds. The number of benzene rings is 1. The van der Waals surface area contributed by atoms with Gasteiger partial charge in [0.2, 0.25) is 0 Å². The van der Waals surface area contributed by atoms with Crippen molar-refractivity contribution in [3.8, 4) is 11.4 Å². The number of tetrazole rings is 1. The van der Waals surface area contributed by atoms with Crippen molar-refractivity contribution in [2.24, 2.45) is 0 Å². The number of hydrogen-bond donors (Lipinski definition) is 1. The molecule has 2 rings (SSSR count). The summed E-state index contributed by atoms with van der Waals surface area (Å²) >= 11 is 0. The second-order valence-corrected chi connectivity index (χ2v) is 5.62. The molecule has 0 bridgehead atoms. The minimum atomic E-state index is -1.16. The number of carboxylic acids is 1. The lowest BCUT2D eigenvalue weighted by molar-refractivity contribution is -0.147. The topological polar surface area (TPSA) is 80.9 Å². The Hall–Kier alpha value is -2.24. The molecule has 6 heteroatoms. The molecule has 0 radical (unpaired) electrons. The quantitative estimate of drug-likeness (QED) is 0.934. The Morgan fingerprint density at radius 1 is 1.29 bits per heavy atom. The van der Waals surface area contributed by atoms with Crippen LogP contribution in [0, 0.1) is 20.8 Å². The van der Waals surface area contributed by atoms with Crippen LogP contribution < -0.4 is 0 Å². The minimum absolute atomic E-state index is 0.393. The summed E-state index contributed by atoms with van der Waals surface area (Å²) in [7, 11) is 0. The highest BCUT2D eigenvalue weighted by Crippen LogP contribution is 2.30. The van der Waals surface area contributed by atoms with Crippen LogP contribution in [0.2, 0.25) is 0 Å². The van der Waals surface area contributed by atoms with Crippen molar-refractivity contribution in [2.45, 2.75) is 46.6 Å². The molecule has 1 N–H and O–H groups in total. The second-order valence-electron chi connectivity index (χ2n) is 5.62. The van der Waals surface area contributed by atoms with Gasteiger partial charge in [-0.15, -0.1) is 5.10 Å². The first-order valence-electron chi connectivity index (χ1n) is 6.91. The molecule has 1 atom stereocenters. The van der Waals surface area contributed by atoms with Crippen molar-refractivity contribution < 1.29 is 9.90 Å². The third kappa shape index (κ3) is 2.41. The molecule has 1 unspecified atom stereocenters. The van der Waals surface area contributed by atoms with Gasteiger partial charge in [0.05, 0.1) is 0 Å². The number of aliphatic carboxylic acids is 1. The highest BCUT2D eigenvalue weighted by atomic mass is 16.4. The van der Waals surface area contributed by atoms with E-state index in [9.17, 15) is 9.90 Å². The van der Waals surface area contributed by atoms with E-state index in [-0.39, 0.29) is 0 Å². The van der Waals surface area contributed by atoms with E-state index in [4.69, 9.17) is 0 Å². The molecule has 0 aliphatic heterocycles. The van der Waals surface area contributed by atoms with Gasteiger partial charge in [0.15, 0.2) is 11.4 Å². The third-order valence-corrected chi connectivity index (χ3v) is 3.99. The van der Waals surface area contributed by atoms with E-state index in [2.05, 4.69) is 15.5 Å². The number of hydrogen-bond acceptors (Lipinski definition) is 4. The Balaban J connectivity index is 2.70. The molecule has 1 aromatic carbocycles. The Bertz CT molecular complexity index is 670. The van der Waals surface area contributed by atoms with Crippen LogP contribution in [0.15, 0.2) is 12.1 Å². The van der Waals surface area contributed by atoms with Crippen molar-refractivity contribution in [1.29, 1.82) is 0 Å². The number of carbonyl (C=O) groups is 1. The molecular formula is C15H20N4O2. The van der Waals surface area contributed by atoms with Gasteiger partial charge < -0.3 is 5.11 Å². The summed E-state index contributed by atoms with van der Waals surface area (Å²) in [5.74, 6) is -0.447. The third-order valence-electron chi connectivity index (χ3n) is 3.99. The van der Waals surface area contributed by atoms with E-state index in [1.165, 1.54) is 4.68 Å². The Kier molecular flexibility index (Phi) is 3.80. The number of aromatic nitrogens is 4. The molecule has 0 fully saturated rings. The molecule has 0 aliphatic rings. The molecule has 1 aromatic heterocycles. The first-order chi connectivity index (χ1) is 9.81. The van der Waals surface area contributed by atoms with Crippen LogP contribution in [-0.4, -0.2) is 31.3 Å². The molecule has 2 aromatic rings. The van der Waals surface area contributed by atoms with Crippen molar-refractivity contribution in [2.75, 3.05) is 0 Å². The molecule has 6 nitrogen and oxygen atoms in total. The summed E-state index contributed by atoms with van der Waals surface area (Å²) in [5.41, 5.74) is 2.96. The molecule has 112 valence electrons. The maximum Gasteiger partial charge on any atom is 0.331 e. The molecule has 0 saturated carbocycles. The zero-order valence-electron chi connectivity index (χ0n) is 13.0. The van der Waals surface area contributed by atoms with Gasteiger partial charge in [-0.05, 0) is 55.7 Å². The molecule has 1 heterocycles. The fourth-order valence-corrected chi connectivity index (χ4v) is 2.60. The van der Waals surface area contributed by atoms with E-state index in [0.29, 0.717) is 12.2 Å². The standard InChI is InChI=1S/C15H20N4O2/c1-6-15(5,14(20)21)19-13(16-17-18-19)12-10(3)7-9(2)8-11(12)4/h7-8H,6H2,1-5H3,(H,20,21). The van der Waals surface area contributed by atoms with E-state index in [1.54, 1.807) is 6.92 Å². The lowest BCUT2D eigenvalue weighted by Crippen LogP contribution is -2.39. The van der Waals surface area contributed by atoms with Crippen LogP contribution in [0.3, 0.4) is 0 Å². The van der Waals surface area contributed by atoms with E-state index in [0.717, 1.165) is 22.3 Å². The summed E-state index contributed by atoms with van der Waals surface area (Å²) in [6, 6.07) is 4.09. The van der Waals surface area contributed by atoms with Crippen LogP contribution in [-0.2, 0) is 10.3 Å². The van der Waals surface area contributed by atoms with Gasteiger partial charge in [-0.25, -0.2) is 9.48 Å². The average molecular weight is 288 g/mol. The zero-order chi connectivity index (χ0) is 15.8. The smallest absolute Gasteiger partial charge is 0.331 e. The van der Waals surface area contributed by atoms with Crippen molar-refractivity contribution >= 4 is 5.97 Å². The Morgan fingerprint density at radius 2 is 1.86 bits per heavy atom. The summed E-state index contributed by atoms with van der Waals surface area (Å²) in [6.07, 6.45) is 0.393. The predicted octanol–water partition coefficient (Wildman–Crippen LogP) is 2.48. The van der Waals surface area contributed by atoms with Crippen LogP contribution >= 0.6 is 0 Å². The van der Waals surface area contributed by atoms with E-state index >= 15 is 0 Å². The second kappa shape index (κ2) is 5.27. The highest BCUT2D eigenvalue weighted by molar-refractivity contribution is 5.77. The zero-order valence-corrected chi connectivity index (χ0v) is 13.0. The Labute approximate surface area is 123 Å². The van der Waals surface area contributed by atoms with Gasteiger partial charge in [0.1, 0.15) is 0 Å². The molecule has 21 heavy (non-hydrogen) atoms. The van der Waals surface area contributed by atoms with E-state index < -0.39 is 11.5 Å². The van der Waals surface area contributed by atoms with E-state index in [1.807, 2.05) is 39.8 Å². The normalized spacial score (nSPS) is 14.0. The fourth-order valence-electron chi connectivity index (χ4n) is 2.60. The number of rotatable bonds is 4. The number of nitrogens with zero attached hydrogens (tertiary/aromatic N) is 4. The molecule has 0 spiro atoms. The predicted molar refractivity (Wildman–Crippen MR) is 79.0 cm³/mol. The van der Waals surface area contributed by atoms with Crippen molar-refractivity contribution in [3.05, 3.63) is 28.8 Å². The summed E-state index contributed by atoms with van der Waals surface area (Å²) in [4.78, 5) is 11.6. The molecule has 0 aliphatic carbocycles. The van der Waals surface area contributed by atoms with Crippen LogP contribution in [0.4, 0.5) is 0 Å². The lowest BCUT2D eigenvalue weighted by atomic mass is 9.96. The number of aryl methyl sites for hydroxylation is 3. The summed E-state index contributed by atoms with van der Waals surface area (Å²) in [5, 5.41) is 21.3. The van der Waals surface area contributed by atoms with Crippen molar-refractivity contribution in [1.82, 2.24) is 20.2 Å². The Morgan fingerprint density at radius 3 is 2.33 bits per heavy atom. The number of carboxylic acid groups (broad SMARTS) is 1. The van der Waals surface area contributed by atoms with Gasteiger partial charge in [-0.2, -0.15) is 0 Å². The highest BCUT2D eigenvalue weighted by Gasteiger charge is 2.37. The first kappa shape index (κ1) is 15.2. The van der Waals surface area contributed by atoms with Crippen LogP contribution in [0.1, 0.15) is 37.0 Å². The minimum Gasteiger partial charge on any atom is -0.479 e. The van der Waals surface area contributed by atoms with Gasteiger partial charge >= 0.3 is 5.97 Å². The van der Waals surface area contributed by atoms with Gasteiger partial charge in [-0.3, -0.25) is 0 Å². The largest absolute Gasteiger partial charge is 0.479 e. The first-order valence-corrected chi connectivity index (χ1v) is 6.91. The molecular weight excluding hydrogens is 268 g/mol.